The van der Waals surface area contributed by atoms with Crippen LogP contribution in [0.25, 0.3) is 10.9 Å². The topological polar surface area (TPSA) is 75.8 Å². The minimum atomic E-state index is -0.550. The number of benzene rings is 2. The Morgan fingerprint density at radius 2 is 1.81 bits per heavy atom. The van der Waals surface area contributed by atoms with E-state index in [1.54, 1.807) is 24.4 Å². The Morgan fingerprint density at radius 3 is 2.56 bits per heavy atom. The molecule has 1 aliphatic rings. The smallest absolute Gasteiger partial charge is 0.204 e. The molecule has 2 heterocycles. The summed E-state index contributed by atoms with van der Waals surface area (Å²) in [6.07, 6.45) is 1.54. The first-order chi connectivity index (χ1) is 13.0. The third kappa shape index (κ3) is 3.28. The highest BCUT2D eigenvalue weighted by molar-refractivity contribution is 5.95. The summed E-state index contributed by atoms with van der Waals surface area (Å²) in [5.41, 5.74) is 6.53. The highest BCUT2D eigenvalue weighted by Crippen LogP contribution is 2.48. The number of anilines is 1. The Morgan fingerprint density at radius 1 is 1.04 bits per heavy atom. The van der Waals surface area contributed by atoms with Gasteiger partial charge in [-0.2, -0.15) is 0 Å². The first kappa shape index (κ1) is 17.2. The van der Waals surface area contributed by atoms with Gasteiger partial charge in [-0.1, -0.05) is 0 Å². The van der Waals surface area contributed by atoms with E-state index in [9.17, 15) is 4.39 Å². The molecule has 4 rings (SSSR count). The molecule has 140 valence electrons. The number of rotatable bonds is 4. The zero-order valence-electron chi connectivity index (χ0n) is 15.0. The summed E-state index contributed by atoms with van der Waals surface area (Å²) in [5.74, 6) is 1.44. The number of halogens is 1. The summed E-state index contributed by atoms with van der Waals surface area (Å²) < 4.78 is 37.5. The van der Waals surface area contributed by atoms with Crippen molar-refractivity contribution in [2.24, 2.45) is 0 Å². The molecule has 1 aromatic heterocycles. The van der Waals surface area contributed by atoms with Crippen LogP contribution in [0.2, 0.25) is 0 Å². The van der Waals surface area contributed by atoms with Gasteiger partial charge >= 0.3 is 0 Å². The van der Waals surface area contributed by atoms with Crippen molar-refractivity contribution in [3.05, 3.63) is 42.3 Å². The molecule has 2 N–H and O–H groups in total. The predicted molar refractivity (Wildman–Crippen MR) is 99.4 cm³/mol. The van der Waals surface area contributed by atoms with Gasteiger partial charge in [-0.05, 0) is 32.0 Å². The van der Waals surface area contributed by atoms with E-state index >= 15 is 0 Å². The fourth-order valence-corrected chi connectivity index (χ4v) is 2.92. The van der Waals surface area contributed by atoms with E-state index in [4.69, 9.17) is 24.7 Å². The zero-order valence-corrected chi connectivity index (χ0v) is 15.0. The van der Waals surface area contributed by atoms with E-state index in [0.717, 1.165) is 0 Å². The standard InChI is InChI=1S/C20H19FN2O4/c1-11(2)26-17-10-14-18(20-19(17)24-7-8-25-20)16(5-6-23-14)27-15-4-3-12(22)9-13(15)21/h3-6,9-11H,7-8,22H2,1-2H3. The fraction of sp³-hybridized carbons (Fsp3) is 0.250. The maximum absolute atomic E-state index is 14.2. The molecule has 0 unspecified atom stereocenters. The van der Waals surface area contributed by atoms with Crippen LogP contribution in [0, 0.1) is 5.82 Å². The molecule has 3 aromatic rings. The maximum atomic E-state index is 14.2. The Labute approximate surface area is 155 Å². The molecule has 0 amide bonds. The van der Waals surface area contributed by atoms with Gasteiger partial charge in [0.15, 0.2) is 23.1 Å². The Balaban J connectivity index is 1.87. The lowest BCUT2D eigenvalue weighted by Gasteiger charge is -2.24. The van der Waals surface area contributed by atoms with Crippen LogP contribution in [0.15, 0.2) is 36.5 Å². The molecule has 1 aliphatic heterocycles. The van der Waals surface area contributed by atoms with E-state index in [1.807, 2.05) is 13.8 Å². The van der Waals surface area contributed by atoms with Crippen molar-refractivity contribution in [2.45, 2.75) is 20.0 Å². The van der Waals surface area contributed by atoms with Gasteiger partial charge in [0.2, 0.25) is 5.75 Å². The van der Waals surface area contributed by atoms with Gasteiger partial charge in [-0.15, -0.1) is 0 Å². The largest absolute Gasteiger partial charge is 0.487 e. The lowest BCUT2D eigenvalue weighted by atomic mass is 10.1. The first-order valence-corrected chi connectivity index (χ1v) is 8.64. The Hall–Kier alpha value is -3.22. The van der Waals surface area contributed by atoms with E-state index < -0.39 is 5.82 Å². The van der Waals surface area contributed by atoms with Gasteiger partial charge in [-0.3, -0.25) is 4.98 Å². The number of hydrogen-bond acceptors (Lipinski definition) is 6. The van der Waals surface area contributed by atoms with Gasteiger partial charge in [0.25, 0.3) is 0 Å². The highest BCUT2D eigenvalue weighted by Gasteiger charge is 2.25. The van der Waals surface area contributed by atoms with Crippen LogP contribution in [0.4, 0.5) is 10.1 Å². The number of nitrogen functional groups attached to an aromatic ring is 1. The van der Waals surface area contributed by atoms with Gasteiger partial charge in [-0.25, -0.2) is 4.39 Å². The number of nitrogens with zero attached hydrogens (tertiary/aromatic N) is 1. The zero-order chi connectivity index (χ0) is 19.0. The molecule has 0 atom stereocenters. The molecule has 7 heteroatoms. The van der Waals surface area contributed by atoms with E-state index in [1.165, 1.54) is 12.1 Å². The quantitative estimate of drug-likeness (QED) is 0.690. The predicted octanol–water partition coefficient (Wildman–Crippen LogP) is 4.31. The van der Waals surface area contributed by atoms with Gasteiger partial charge < -0.3 is 24.7 Å². The van der Waals surface area contributed by atoms with E-state index in [-0.39, 0.29) is 11.9 Å². The van der Waals surface area contributed by atoms with Crippen molar-refractivity contribution in [3.8, 4) is 28.7 Å². The van der Waals surface area contributed by atoms with Gasteiger partial charge in [0.1, 0.15) is 19.0 Å². The molecule has 0 saturated carbocycles. The molecule has 2 aromatic carbocycles. The summed E-state index contributed by atoms with van der Waals surface area (Å²) in [6.45, 7) is 4.65. The molecule has 0 radical (unpaired) electrons. The minimum absolute atomic E-state index is 0.0413. The fourth-order valence-electron chi connectivity index (χ4n) is 2.92. The number of pyridine rings is 1. The van der Waals surface area contributed by atoms with Crippen LogP contribution >= 0.6 is 0 Å². The van der Waals surface area contributed by atoms with Crippen molar-refractivity contribution in [1.82, 2.24) is 4.98 Å². The molecule has 6 nitrogen and oxygen atoms in total. The molecular weight excluding hydrogens is 351 g/mol. The third-order valence-corrected chi connectivity index (χ3v) is 3.98. The number of hydrogen-bond donors (Lipinski definition) is 1. The maximum Gasteiger partial charge on any atom is 0.204 e. The number of nitrogens with two attached hydrogens (primary N) is 1. The van der Waals surface area contributed by atoms with Crippen molar-refractivity contribution in [2.75, 3.05) is 18.9 Å². The van der Waals surface area contributed by atoms with E-state index in [0.29, 0.717) is 52.8 Å². The molecular formula is C20H19FN2O4. The van der Waals surface area contributed by atoms with Gasteiger partial charge in [0, 0.05) is 24.0 Å². The van der Waals surface area contributed by atoms with Crippen LogP contribution in [-0.2, 0) is 0 Å². The average molecular weight is 370 g/mol. The number of fused-ring (bicyclic) bond motifs is 3. The van der Waals surface area contributed by atoms with Crippen molar-refractivity contribution >= 4 is 16.6 Å². The summed E-state index contributed by atoms with van der Waals surface area (Å²) in [5, 5.41) is 0.597. The second-order valence-electron chi connectivity index (χ2n) is 6.39. The summed E-state index contributed by atoms with van der Waals surface area (Å²) in [7, 11) is 0. The van der Waals surface area contributed by atoms with Crippen LogP contribution in [-0.4, -0.2) is 24.3 Å². The lowest BCUT2D eigenvalue weighted by molar-refractivity contribution is 0.157. The second-order valence-corrected chi connectivity index (χ2v) is 6.39. The summed E-state index contributed by atoms with van der Waals surface area (Å²) in [6, 6.07) is 7.69. The Bertz CT molecular complexity index is 1010. The SMILES string of the molecule is CC(C)Oc1cc2nccc(Oc3ccc(N)cc3F)c2c2c1OCCO2. The highest BCUT2D eigenvalue weighted by atomic mass is 19.1. The molecule has 27 heavy (non-hydrogen) atoms. The van der Waals surface area contributed by atoms with Crippen molar-refractivity contribution < 1.29 is 23.3 Å². The van der Waals surface area contributed by atoms with Crippen LogP contribution in [0.1, 0.15) is 13.8 Å². The molecule has 0 aliphatic carbocycles. The van der Waals surface area contributed by atoms with Crippen molar-refractivity contribution in [1.29, 1.82) is 0 Å². The molecule has 0 spiro atoms. The van der Waals surface area contributed by atoms with Gasteiger partial charge in [0.05, 0.1) is 17.0 Å². The molecule has 0 saturated heterocycles. The van der Waals surface area contributed by atoms with Crippen LogP contribution in [0.3, 0.4) is 0 Å². The lowest BCUT2D eigenvalue weighted by Crippen LogP contribution is -2.17. The minimum Gasteiger partial charge on any atom is -0.487 e. The van der Waals surface area contributed by atoms with Crippen LogP contribution < -0.4 is 24.7 Å². The van der Waals surface area contributed by atoms with E-state index in [2.05, 4.69) is 4.98 Å². The first-order valence-electron chi connectivity index (χ1n) is 8.64. The normalized spacial score (nSPS) is 13.0. The van der Waals surface area contributed by atoms with Crippen molar-refractivity contribution in [3.63, 3.8) is 0 Å². The molecule has 0 fully saturated rings. The Kier molecular flexibility index (Phi) is 4.35. The number of ether oxygens (including phenoxy) is 4. The number of aromatic nitrogens is 1. The summed E-state index contributed by atoms with van der Waals surface area (Å²) >= 11 is 0. The molecule has 0 bridgehead atoms. The summed E-state index contributed by atoms with van der Waals surface area (Å²) in [4.78, 5) is 4.39. The van der Waals surface area contributed by atoms with Crippen LogP contribution in [0.5, 0.6) is 28.7 Å². The second kappa shape index (κ2) is 6.83. The monoisotopic (exact) mass is 370 g/mol. The third-order valence-electron chi connectivity index (χ3n) is 3.98. The average Bonchev–Trinajstić information content (AvgIpc) is 2.64.